The van der Waals surface area contributed by atoms with Crippen molar-refractivity contribution in [2.75, 3.05) is 0 Å². The highest BCUT2D eigenvalue weighted by Gasteiger charge is 2.12. The van der Waals surface area contributed by atoms with Gasteiger partial charge in [0, 0.05) is 0 Å². The maximum atomic E-state index is 9.00. The fraction of sp³-hybridized carbons (Fsp3) is 0.429. The molecule has 0 aliphatic heterocycles. The molecule has 1 aromatic heterocycles. The van der Waals surface area contributed by atoms with Gasteiger partial charge in [-0.1, -0.05) is 0 Å². The molecular weight excluding hydrogens is 178 g/mol. The van der Waals surface area contributed by atoms with E-state index in [4.69, 9.17) is 19.4 Å². The predicted octanol–water partition coefficient (Wildman–Crippen LogP) is 1.24. The van der Waals surface area contributed by atoms with Crippen LogP contribution in [-0.4, -0.2) is 10.7 Å². The Morgan fingerprint density at radius 2 is 2.50 bits per heavy atom. The smallest absolute Gasteiger partial charge is 0.219 e. The number of hydrogen-bond donors (Lipinski definition) is 2. The molecule has 5 heteroatoms. The summed E-state index contributed by atoms with van der Waals surface area (Å²) < 4.78 is 10.1. The Kier molecular flexibility index (Phi) is 3.61. The molecule has 0 aliphatic rings. The molecule has 0 bridgehead atoms. The van der Waals surface area contributed by atoms with Crippen molar-refractivity contribution >= 4 is 11.9 Å². The number of hydrogen-bond acceptors (Lipinski definition) is 5. The van der Waals surface area contributed by atoms with Gasteiger partial charge in [0.1, 0.15) is 11.9 Å². The van der Waals surface area contributed by atoms with Crippen LogP contribution in [0.15, 0.2) is 22.8 Å². The third-order valence-corrected chi connectivity index (χ3v) is 1.72. The first-order valence-electron chi connectivity index (χ1n) is 3.46. The molecule has 3 N–H and O–H groups in total. The van der Waals surface area contributed by atoms with Crippen molar-refractivity contribution in [2.24, 2.45) is 5.14 Å². The van der Waals surface area contributed by atoms with Crippen molar-refractivity contribution in [3.05, 3.63) is 24.2 Å². The number of ether oxygens (including phenoxy) is 1. The van der Waals surface area contributed by atoms with Crippen LogP contribution in [0.25, 0.3) is 0 Å². The van der Waals surface area contributed by atoms with E-state index in [2.05, 4.69) is 0 Å². The van der Waals surface area contributed by atoms with Gasteiger partial charge in [-0.2, -0.15) is 0 Å². The van der Waals surface area contributed by atoms with Crippen LogP contribution in [0.1, 0.15) is 18.8 Å². The molecule has 2 atom stereocenters. The van der Waals surface area contributed by atoms with Crippen molar-refractivity contribution in [1.82, 2.24) is 0 Å². The second-order valence-electron chi connectivity index (χ2n) is 2.24. The van der Waals surface area contributed by atoms with Gasteiger partial charge in [-0.05, 0) is 31.0 Å². The quantitative estimate of drug-likeness (QED) is 0.551. The van der Waals surface area contributed by atoms with Gasteiger partial charge in [-0.3, -0.25) is 5.14 Å². The summed E-state index contributed by atoms with van der Waals surface area (Å²) in [6.07, 6.45) is 1.27. The van der Waals surface area contributed by atoms with Crippen LogP contribution in [0.4, 0.5) is 0 Å². The summed E-state index contributed by atoms with van der Waals surface area (Å²) in [5.74, 6) is 0.670. The van der Waals surface area contributed by atoms with Crippen LogP contribution in [0.5, 0.6) is 0 Å². The molecule has 2 unspecified atom stereocenters. The SMILES string of the molecule is CC(OC(O)SN)c1ccco1. The molecular formula is C7H11NO3S. The Labute approximate surface area is 74.8 Å². The lowest BCUT2D eigenvalue weighted by Gasteiger charge is -2.13. The van der Waals surface area contributed by atoms with Crippen molar-refractivity contribution < 1.29 is 14.3 Å². The molecule has 1 rings (SSSR count). The maximum Gasteiger partial charge on any atom is 0.219 e. The fourth-order valence-electron chi connectivity index (χ4n) is 0.796. The lowest BCUT2D eigenvalue weighted by Crippen LogP contribution is -2.12. The predicted molar refractivity (Wildman–Crippen MR) is 46.0 cm³/mol. The minimum Gasteiger partial charge on any atom is -0.467 e. The molecule has 0 fully saturated rings. The molecule has 1 heterocycles. The fourth-order valence-corrected chi connectivity index (χ4v) is 1.03. The third-order valence-electron chi connectivity index (χ3n) is 1.38. The highest BCUT2D eigenvalue weighted by atomic mass is 32.2. The zero-order valence-electron chi connectivity index (χ0n) is 6.64. The van der Waals surface area contributed by atoms with Crippen LogP contribution >= 0.6 is 11.9 Å². The maximum absolute atomic E-state index is 9.00. The summed E-state index contributed by atoms with van der Waals surface area (Å²) in [6.45, 7) is 1.78. The standard InChI is InChI=1S/C7H11NO3S/c1-5(11-7(9)12-8)6-3-2-4-10-6/h2-5,7,9H,8H2,1H3. The van der Waals surface area contributed by atoms with E-state index in [0.29, 0.717) is 5.76 Å². The van der Waals surface area contributed by atoms with Crippen LogP contribution in [0, 0.1) is 0 Å². The van der Waals surface area contributed by atoms with Gasteiger partial charge >= 0.3 is 0 Å². The minimum absolute atomic E-state index is 0.286. The van der Waals surface area contributed by atoms with Gasteiger partial charge in [0.2, 0.25) is 5.62 Å². The van der Waals surface area contributed by atoms with Crippen LogP contribution in [-0.2, 0) is 4.74 Å². The van der Waals surface area contributed by atoms with Crippen LogP contribution < -0.4 is 5.14 Å². The first-order chi connectivity index (χ1) is 5.74. The van der Waals surface area contributed by atoms with Crippen LogP contribution in [0.2, 0.25) is 0 Å². The second-order valence-corrected chi connectivity index (χ2v) is 2.91. The summed E-state index contributed by atoms with van der Waals surface area (Å²) in [5.41, 5.74) is -1.01. The molecule has 68 valence electrons. The first kappa shape index (κ1) is 9.60. The van der Waals surface area contributed by atoms with Gasteiger partial charge in [-0.15, -0.1) is 0 Å². The molecule has 12 heavy (non-hydrogen) atoms. The molecule has 0 aliphatic carbocycles. The van der Waals surface area contributed by atoms with E-state index in [0.717, 1.165) is 11.9 Å². The lowest BCUT2D eigenvalue weighted by atomic mass is 10.3. The van der Waals surface area contributed by atoms with E-state index in [1.165, 1.54) is 0 Å². The lowest BCUT2D eigenvalue weighted by molar-refractivity contribution is -0.0783. The normalized spacial score (nSPS) is 15.9. The number of aliphatic hydroxyl groups excluding tert-OH is 1. The van der Waals surface area contributed by atoms with Gasteiger partial charge < -0.3 is 14.3 Å². The molecule has 0 spiro atoms. The van der Waals surface area contributed by atoms with Crippen molar-refractivity contribution in [3.8, 4) is 0 Å². The summed E-state index contributed by atoms with van der Waals surface area (Å²) >= 11 is 0.742. The second kappa shape index (κ2) is 4.51. The highest BCUT2D eigenvalue weighted by Crippen LogP contribution is 2.19. The Balaban J connectivity index is 2.44. The monoisotopic (exact) mass is 189 g/mol. The van der Waals surface area contributed by atoms with E-state index in [1.807, 2.05) is 0 Å². The molecule has 0 amide bonds. The van der Waals surface area contributed by atoms with Gasteiger partial charge in [0.15, 0.2) is 0 Å². The molecule has 0 saturated heterocycles. The van der Waals surface area contributed by atoms with Crippen molar-refractivity contribution in [1.29, 1.82) is 0 Å². The van der Waals surface area contributed by atoms with E-state index in [-0.39, 0.29) is 6.10 Å². The Bertz CT molecular complexity index is 214. The molecule has 1 aromatic rings. The average molecular weight is 189 g/mol. The summed E-state index contributed by atoms with van der Waals surface area (Å²) in [7, 11) is 0. The number of nitrogens with two attached hydrogens (primary N) is 1. The highest BCUT2D eigenvalue weighted by molar-refractivity contribution is 7.97. The van der Waals surface area contributed by atoms with Gasteiger partial charge in [-0.25, -0.2) is 0 Å². The zero-order chi connectivity index (χ0) is 8.97. The van der Waals surface area contributed by atoms with E-state index < -0.39 is 5.62 Å². The van der Waals surface area contributed by atoms with E-state index in [9.17, 15) is 0 Å². The van der Waals surface area contributed by atoms with E-state index >= 15 is 0 Å². The summed E-state index contributed by atoms with van der Waals surface area (Å²) in [6, 6.07) is 3.54. The van der Waals surface area contributed by atoms with Crippen molar-refractivity contribution in [2.45, 2.75) is 18.6 Å². The Morgan fingerprint density at radius 3 is 3.00 bits per heavy atom. The molecule has 0 aromatic carbocycles. The topological polar surface area (TPSA) is 68.6 Å². The average Bonchev–Trinajstić information content (AvgIpc) is 2.56. The van der Waals surface area contributed by atoms with Crippen molar-refractivity contribution in [3.63, 3.8) is 0 Å². The first-order valence-corrected chi connectivity index (χ1v) is 4.41. The largest absolute Gasteiger partial charge is 0.467 e. The number of furan rings is 1. The van der Waals surface area contributed by atoms with Gasteiger partial charge in [0.05, 0.1) is 6.26 Å². The summed E-state index contributed by atoms with van der Waals surface area (Å²) in [4.78, 5) is 0. The molecule has 0 radical (unpaired) electrons. The summed E-state index contributed by atoms with van der Waals surface area (Å²) in [5, 5.41) is 14.1. The van der Waals surface area contributed by atoms with E-state index in [1.54, 1.807) is 25.3 Å². The number of aliphatic hydroxyl groups is 1. The Morgan fingerprint density at radius 1 is 1.75 bits per heavy atom. The number of rotatable bonds is 4. The molecule has 0 saturated carbocycles. The third kappa shape index (κ3) is 2.53. The van der Waals surface area contributed by atoms with Crippen LogP contribution in [0.3, 0.4) is 0 Å². The molecule has 4 nitrogen and oxygen atoms in total. The van der Waals surface area contributed by atoms with Gasteiger partial charge in [0.25, 0.3) is 0 Å². The Hall–Kier alpha value is -0.490. The minimum atomic E-state index is -1.01. The zero-order valence-corrected chi connectivity index (χ0v) is 7.45.